The first-order chi connectivity index (χ1) is 11.0. The van der Waals surface area contributed by atoms with E-state index < -0.39 is 5.91 Å². The van der Waals surface area contributed by atoms with Crippen molar-refractivity contribution in [1.82, 2.24) is 10.2 Å². The van der Waals surface area contributed by atoms with Gasteiger partial charge in [0, 0.05) is 18.7 Å². The maximum atomic E-state index is 12.1. The Labute approximate surface area is 131 Å². The van der Waals surface area contributed by atoms with Gasteiger partial charge in [-0.1, -0.05) is 0 Å². The zero-order valence-electron chi connectivity index (χ0n) is 12.3. The van der Waals surface area contributed by atoms with E-state index in [0.717, 1.165) is 0 Å². The number of nitrogens with zero attached hydrogens (tertiary/aromatic N) is 2. The number of hydrogen-bond donors (Lipinski definition) is 2. The molecule has 0 fully saturated rings. The van der Waals surface area contributed by atoms with Crippen LogP contribution in [0.25, 0.3) is 0 Å². The predicted octanol–water partition coefficient (Wildman–Crippen LogP) is 0.767. The molecule has 2 heterocycles. The summed E-state index contributed by atoms with van der Waals surface area (Å²) in [5.74, 6) is 0.0271. The maximum Gasteiger partial charge on any atom is 0.276 e. The molecule has 23 heavy (non-hydrogen) atoms. The minimum atomic E-state index is -0.465. The van der Waals surface area contributed by atoms with Gasteiger partial charge in [-0.15, -0.1) is 0 Å². The van der Waals surface area contributed by atoms with Crippen molar-refractivity contribution in [3.8, 4) is 5.75 Å². The summed E-state index contributed by atoms with van der Waals surface area (Å²) >= 11 is 0. The van der Waals surface area contributed by atoms with Crippen LogP contribution in [0.4, 0.5) is 11.4 Å². The molecule has 0 saturated carbocycles. The van der Waals surface area contributed by atoms with Gasteiger partial charge < -0.3 is 15.0 Å². The van der Waals surface area contributed by atoms with Crippen LogP contribution >= 0.6 is 0 Å². The summed E-state index contributed by atoms with van der Waals surface area (Å²) in [7, 11) is 0. The molecule has 0 bridgehead atoms. The van der Waals surface area contributed by atoms with Gasteiger partial charge in [-0.05, 0) is 24.3 Å². The number of H-pyrrole nitrogens is 1. The number of carbonyl (C=O) groups excluding carboxylic acids is 2. The average Bonchev–Trinajstić information content (AvgIpc) is 2.54. The number of ether oxygens (including phenoxy) is 1. The Kier molecular flexibility index (Phi) is 3.80. The number of fused-ring (bicyclic) bond motifs is 1. The van der Waals surface area contributed by atoms with E-state index >= 15 is 0 Å². The van der Waals surface area contributed by atoms with Crippen LogP contribution in [0.15, 0.2) is 35.1 Å². The molecular formula is C15H14N4O4. The van der Waals surface area contributed by atoms with Gasteiger partial charge in [-0.3, -0.25) is 14.4 Å². The van der Waals surface area contributed by atoms with Crippen LogP contribution in [0.2, 0.25) is 0 Å². The van der Waals surface area contributed by atoms with Crippen molar-refractivity contribution < 1.29 is 14.3 Å². The zero-order chi connectivity index (χ0) is 16.4. The second-order valence-corrected chi connectivity index (χ2v) is 4.96. The minimum Gasteiger partial charge on any atom is -0.490 e. The van der Waals surface area contributed by atoms with E-state index in [2.05, 4.69) is 15.5 Å². The third kappa shape index (κ3) is 3.05. The molecule has 118 valence electrons. The van der Waals surface area contributed by atoms with Crippen molar-refractivity contribution in [2.24, 2.45) is 0 Å². The zero-order valence-corrected chi connectivity index (χ0v) is 12.3. The molecule has 0 atom stereocenters. The molecule has 1 aromatic carbocycles. The smallest absolute Gasteiger partial charge is 0.276 e. The van der Waals surface area contributed by atoms with E-state index in [-0.39, 0.29) is 17.2 Å². The van der Waals surface area contributed by atoms with Gasteiger partial charge in [0.2, 0.25) is 5.91 Å². The number of nitrogens with one attached hydrogen (secondary N) is 2. The lowest BCUT2D eigenvalue weighted by atomic mass is 10.2. The monoisotopic (exact) mass is 314 g/mol. The first kappa shape index (κ1) is 14.8. The molecular weight excluding hydrogens is 300 g/mol. The lowest BCUT2D eigenvalue weighted by molar-refractivity contribution is -0.116. The fraction of sp³-hybridized carbons (Fsp3) is 0.200. The van der Waals surface area contributed by atoms with Crippen LogP contribution < -0.4 is 20.5 Å². The van der Waals surface area contributed by atoms with Crippen LogP contribution in [0.1, 0.15) is 17.4 Å². The van der Waals surface area contributed by atoms with Crippen LogP contribution in [-0.4, -0.2) is 35.2 Å². The summed E-state index contributed by atoms with van der Waals surface area (Å²) in [5.41, 5.74) is 0.807. The Morgan fingerprint density at radius 2 is 2.13 bits per heavy atom. The lowest BCUT2D eigenvalue weighted by Gasteiger charge is -2.29. The van der Waals surface area contributed by atoms with Gasteiger partial charge in [-0.2, -0.15) is 5.10 Å². The predicted molar refractivity (Wildman–Crippen MR) is 82.8 cm³/mol. The molecule has 2 N–H and O–H groups in total. The maximum absolute atomic E-state index is 12.1. The number of aromatic nitrogens is 2. The molecule has 0 aliphatic carbocycles. The fourth-order valence-electron chi connectivity index (χ4n) is 2.29. The van der Waals surface area contributed by atoms with Crippen molar-refractivity contribution in [3.63, 3.8) is 0 Å². The molecule has 1 aromatic heterocycles. The fourth-order valence-corrected chi connectivity index (χ4v) is 2.29. The third-order valence-electron chi connectivity index (χ3n) is 3.37. The number of hydrogen-bond acceptors (Lipinski definition) is 5. The van der Waals surface area contributed by atoms with E-state index in [0.29, 0.717) is 30.3 Å². The van der Waals surface area contributed by atoms with Gasteiger partial charge in [0.15, 0.2) is 0 Å². The summed E-state index contributed by atoms with van der Waals surface area (Å²) < 4.78 is 5.50. The Balaban J connectivity index is 1.85. The lowest BCUT2D eigenvalue weighted by Crippen LogP contribution is -2.36. The van der Waals surface area contributed by atoms with E-state index in [4.69, 9.17) is 4.74 Å². The third-order valence-corrected chi connectivity index (χ3v) is 3.37. The van der Waals surface area contributed by atoms with E-state index in [1.165, 1.54) is 19.1 Å². The SMILES string of the molecule is CC(=O)N1CCOc2ccc(NC(=O)c3ccc(=O)[nH]n3)cc21. The van der Waals surface area contributed by atoms with Crippen LogP contribution in [0, 0.1) is 0 Å². The Bertz CT molecular complexity index is 810. The van der Waals surface area contributed by atoms with E-state index in [9.17, 15) is 14.4 Å². The molecule has 0 radical (unpaired) electrons. The highest BCUT2D eigenvalue weighted by Gasteiger charge is 2.22. The van der Waals surface area contributed by atoms with E-state index in [1.54, 1.807) is 23.1 Å². The summed E-state index contributed by atoms with van der Waals surface area (Å²) in [4.78, 5) is 36.3. The van der Waals surface area contributed by atoms with Crippen molar-refractivity contribution in [3.05, 3.63) is 46.4 Å². The standard InChI is InChI=1S/C15H14N4O4/c1-9(20)19-6-7-23-13-4-2-10(8-12(13)19)16-15(22)11-3-5-14(21)18-17-11/h2-5,8H,6-7H2,1H3,(H,16,22)(H,18,21). The average molecular weight is 314 g/mol. The molecule has 8 nitrogen and oxygen atoms in total. The molecule has 0 saturated heterocycles. The number of anilines is 2. The summed E-state index contributed by atoms with van der Waals surface area (Å²) in [5, 5.41) is 8.54. The van der Waals surface area contributed by atoms with Gasteiger partial charge >= 0.3 is 0 Å². The highest BCUT2D eigenvalue weighted by molar-refractivity contribution is 6.03. The number of benzene rings is 1. The van der Waals surface area contributed by atoms with Crippen molar-refractivity contribution >= 4 is 23.2 Å². The second-order valence-electron chi connectivity index (χ2n) is 4.96. The van der Waals surface area contributed by atoms with E-state index in [1.807, 2.05) is 0 Å². The molecule has 1 aliphatic rings. The molecule has 0 spiro atoms. The second kappa shape index (κ2) is 5.91. The minimum absolute atomic E-state index is 0.0852. The highest BCUT2D eigenvalue weighted by Crippen LogP contribution is 2.34. The van der Waals surface area contributed by atoms with Crippen molar-refractivity contribution in [1.29, 1.82) is 0 Å². The number of rotatable bonds is 2. The molecule has 2 amide bonds. The molecule has 1 aliphatic heterocycles. The van der Waals surface area contributed by atoms with Gasteiger partial charge in [0.25, 0.3) is 11.5 Å². The number of carbonyl (C=O) groups is 2. The summed E-state index contributed by atoms with van der Waals surface area (Å²) in [6, 6.07) is 7.59. The van der Waals surface area contributed by atoms with Crippen LogP contribution in [-0.2, 0) is 4.79 Å². The summed E-state index contributed by atoms with van der Waals surface area (Å²) in [6.07, 6.45) is 0. The Morgan fingerprint density at radius 1 is 1.30 bits per heavy atom. The van der Waals surface area contributed by atoms with Gasteiger partial charge in [-0.25, -0.2) is 5.10 Å². The normalized spacial score (nSPS) is 13.0. The number of aromatic amines is 1. The Hall–Kier alpha value is -3.16. The molecule has 0 unspecified atom stereocenters. The molecule has 2 aromatic rings. The molecule has 3 rings (SSSR count). The van der Waals surface area contributed by atoms with Crippen LogP contribution in [0.3, 0.4) is 0 Å². The first-order valence-electron chi connectivity index (χ1n) is 6.96. The van der Waals surface area contributed by atoms with Gasteiger partial charge in [0.1, 0.15) is 18.1 Å². The highest BCUT2D eigenvalue weighted by atomic mass is 16.5. The van der Waals surface area contributed by atoms with Crippen molar-refractivity contribution in [2.45, 2.75) is 6.92 Å². The Morgan fingerprint density at radius 3 is 2.83 bits per heavy atom. The number of amides is 2. The largest absolute Gasteiger partial charge is 0.490 e. The summed E-state index contributed by atoms with van der Waals surface area (Å²) in [6.45, 7) is 2.37. The topological polar surface area (TPSA) is 104 Å². The van der Waals surface area contributed by atoms with Crippen LogP contribution in [0.5, 0.6) is 5.75 Å². The first-order valence-corrected chi connectivity index (χ1v) is 6.96. The van der Waals surface area contributed by atoms with Gasteiger partial charge in [0.05, 0.1) is 12.2 Å². The molecule has 8 heteroatoms. The quantitative estimate of drug-likeness (QED) is 0.852. The van der Waals surface area contributed by atoms with Crippen molar-refractivity contribution in [2.75, 3.05) is 23.4 Å².